The van der Waals surface area contributed by atoms with E-state index in [-0.39, 0.29) is 5.56 Å². The van der Waals surface area contributed by atoms with E-state index in [1.165, 1.54) is 29.0 Å². The normalized spacial score (nSPS) is 11.4. The molecule has 0 radical (unpaired) electrons. The quantitative estimate of drug-likeness (QED) is 0.397. The lowest BCUT2D eigenvalue weighted by molar-refractivity contribution is 0.440. The molecule has 0 atom stereocenters. The molecule has 0 N–H and O–H groups in total. The van der Waals surface area contributed by atoms with E-state index >= 15 is 0 Å². The molecule has 7 nitrogen and oxygen atoms in total. The highest BCUT2D eigenvalue weighted by atomic mass is 32.2. The Morgan fingerprint density at radius 1 is 1.41 bits per heavy atom. The zero-order valence-electron chi connectivity index (χ0n) is 16.1. The van der Waals surface area contributed by atoms with E-state index in [2.05, 4.69) is 26.5 Å². The van der Waals surface area contributed by atoms with E-state index < -0.39 is 0 Å². The number of aliphatic imine (C=N–C) groups is 2. The van der Waals surface area contributed by atoms with Crippen LogP contribution in [0.4, 0.5) is 0 Å². The van der Waals surface area contributed by atoms with Gasteiger partial charge in [0.2, 0.25) is 0 Å². The third-order valence-corrected chi connectivity index (χ3v) is 4.78. The summed E-state index contributed by atoms with van der Waals surface area (Å²) in [6.07, 6.45) is 8.64. The maximum atomic E-state index is 12.8. The average Bonchev–Trinajstić information content (AvgIpc) is 2.68. The van der Waals surface area contributed by atoms with E-state index in [0.29, 0.717) is 28.5 Å². The number of aryl methyl sites for hydroxylation is 1. The molecular weight excluding hydrogens is 360 g/mol. The molecule has 0 bridgehead atoms. The van der Waals surface area contributed by atoms with Crippen molar-refractivity contribution in [3.05, 3.63) is 58.8 Å². The van der Waals surface area contributed by atoms with Crippen LogP contribution in [-0.2, 0) is 6.42 Å². The first-order valence-corrected chi connectivity index (χ1v) is 9.72. The molecule has 0 fully saturated rings. The van der Waals surface area contributed by atoms with E-state index in [0.717, 1.165) is 12.2 Å². The zero-order valence-corrected chi connectivity index (χ0v) is 16.9. The Morgan fingerprint density at radius 3 is 2.81 bits per heavy atom. The van der Waals surface area contributed by atoms with Gasteiger partial charge < -0.3 is 4.90 Å². The van der Waals surface area contributed by atoms with E-state index in [4.69, 9.17) is 0 Å². The van der Waals surface area contributed by atoms with Crippen molar-refractivity contribution < 1.29 is 0 Å². The van der Waals surface area contributed by atoms with Gasteiger partial charge in [0, 0.05) is 31.9 Å². The minimum absolute atomic E-state index is 0.113. The molecule has 0 amide bonds. The van der Waals surface area contributed by atoms with E-state index in [1.807, 2.05) is 44.2 Å². The van der Waals surface area contributed by atoms with Gasteiger partial charge in [-0.25, -0.2) is 15.0 Å². The second-order valence-corrected chi connectivity index (χ2v) is 6.58. The number of nitrogens with zero attached hydrogens (tertiary/aromatic N) is 6. The first-order chi connectivity index (χ1) is 13.0. The highest BCUT2D eigenvalue weighted by molar-refractivity contribution is 7.98. The fourth-order valence-electron chi connectivity index (χ4n) is 2.18. The Hall–Kier alpha value is -2.74. The van der Waals surface area contributed by atoms with Gasteiger partial charge in [0.1, 0.15) is 18.5 Å². The summed E-state index contributed by atoms with van der Waals surface area (Å²) in [5.41, 5.74) is 2.16. The number of pyridine rings is 1. The highest BCUT2D eigenvalue weighted by Gasteiger charge is 2.11. The lowest BCUT2D eigenvalue weighted by Gasteiger charge is -2.14. The van der Waals surface area contributed by atoms with Crippen molar-refractivity contribution >= 4 is 24.3 Å². The van der Waals surface area contributed by atoms with E-state index in [1.54, 1.807) is 12.4 Å². The molecule has 2 heterocycles. The maximum Gasteiger partial charge on any atom is 0.271 e. The molecule has 0 saturated carbocycles. The van der Waals surface area contributed by atoms with Crippen LogP contribution in [0.2, 0.25) is 0 Å². The molecule has 0 aliphatic heterocycles. The number of thioether (sulfide) groups is 1. The summed E-state index contributed by atoms with van der Waals surface area (Å²) in [5, 5.41) is 0. The lowest BCUT2D eigenvalue weighted by Crippen LogP contribution is -2.22. The van der Waals surface area contributed by atoms with Gasteiger partial charge in [0.15, 0.2) is 0 Å². The van der Waals surface area contributed by atoms with E-state index in [9.17, 15) is 4.79 Å². The SMILES string of the molecule is C=C(/N=C\N=C/Cc1ncn(-c2ccc(C)nc2)c(=O)c1SC)N(C)CC. The monoisotopic (exact) mass is 384 g/mol. The number of hydrogen-bond acceptors (Lipinski definition) is 6. The molecule has 142 valence electrons. The third kappa shape index (κ3) is 5.37. The maximum absolute atomic E-state index is 12.8. The van der Waals surface area contributed by atoms with Crippen LogP contribution in [0.1, 0.15) is 18.3 Å². The third-order valence-electron chi connectivity index (χ3n) is 3.96. The first kappa shape index (κ1) is 20.6. The summed E-state index contributed by atoms with van der Waals surface area (Å²) in [4.78, 5) is 32.3. The summed E-state index contributed by atoms with van der Waals surface area (Å²) >= 11 is 1.38. The summed E-state index contributed by atoms with van der Waals surface area (Å²) < 4.78 is 1.50. The molecule has 0 aliphatic carbocycles. The molecule has 0 saturated heterocycles. The Morgan fingerprint density at radius 2 is 2.19 bits per heavy atom. The van der Waals surface area contributed by atoms with Crippen molar-refractivity contribution in [3.8, 4) is 5.69 Å². The van der Waals surface area contributed by atoms with Gasteiger partial charge in [0.25, 0.3) is 5.56 Å². The van der Waals surface area contributed by atoms with Gasteiger partial charge in [-0.3, -0.25) is 14.3 Å². The molecule has 27 heavy (non-hydrogen) atoms. The lowest BCUT2D eigenvalue weighted by atomic mass is 10.3. The fourth-order valence-corrected chi connectivity index (χ4v) is 2.82. The largest absolute Gasteiger partial charge is 0.360 e. The van der Waals surface area contributed by atoms with Crippen molar-refractivity contribution in [1.29, 1.82) is 0 Å². The molecule has 0 spiro atoms. The van der Waals surface area contributed by atoms with Crippen LogP contribution in [0.25, 0.3) is 5.69 Å². The van der Waals surface area contributed by atoms with Gasteiger partial charge in [-0.15, -0.1) is 11.8 Å². The standard InChI is InChI=1S/C19H24N6OS/c1-6-24(4)15(3)22-12-20-10-9-17-18(27-5)19(26)25(13-23-17)16-8-7-14(2)21-11-16/h7-8,10-13H,3,6,9H2,1-2,4-5H3/b20-10-,22-12-. The fraction of sp³-hybridized carbons (Fsp3) is 0.316. The molecule has 2 aromatic rings. The van der Waals surface area contributed by atoms with Gasteiger partial charge in [0.05, 0.1) is 22.5 Å². The molecular formula is C19H24N6OS. The zero-order chi connectivity index (χ0) is 19.8. The van der Waals surface area contributed by atoms with Crippen molar-refractivity contribution in [2.24, 2.45) is 9.98 Å². The Kier molecular flexibility index (Phi) is 7.48. The number of aromatic nitrogens is 3. The topological polar surface area (TPSA) is 75.7 Å². The Bertz CT molecular complexity index is 901. The summed E-state index contributed by atoms with van der Waals surface area (Å²) in [7, 11) is 1.91. The minimum Gasteiger partial charge on any atom is -0.360 e. The predicted molar refractivity (Wildman–Crippen MR) is 112 cm³/mol. The number of rotatable bonds is 8. The van der Waals surface area contributed by atoms with Crippen LogP contribution in [-0.4, -0.2) is 51.8 Å². The number of hydrogen-bond donors (Lipinski definition) is 0. The second-order valence-electron chi connectivity index (χ2n) is 5.77. The van der Waals surface area contributed by atoms with Gasteiger partial charge in [-0.1, -0.05) is 6.58 Å². The average molecular weight is 385 g/mol. The molecule has 0 unspecified atom stereocenters. The summed E-state index contributed by atoms with van der Waals surface area (Å²) in [5.74, 6) is 0.645. The Labute approximate surface area is 163 Å². The van der Waals surface area contributed by atoms with Crippen LogP contribution in [0.5, 0.6) is 0 Å². The predicted octanol–water partition coefficient (Wildman–Crippen LogP) is 2.72. The smallest absolute Gasteiger partial charge is 0.271 e. The van der Waals surface area contributed by atoms with Gasteiger partial charge in [-0.2, -0.15) is 0 Å². The molecule has 2 aromatic heterocycles. The highest BCUT2D eigenvalue weighted by Crippen LogP contribution is 2.15. The molecule has 0 aromatic carbocycles. The van der Waals surface area contributed by atoms with Crippen molar-refractivity contribution in [2.45, 2.75) is 25.2 Å². The van der Waals surface area contributed by atoms with Gasteiger partial charge >= 0.3 is 0 Å². The minimum atomic E-state index is -0.113. The van der Waals surface area contributed by atoms with Crippen LogP contribution >= 0.6 is 11.8 Å². The van der Waals surface area contributed by atoms with Crippen molar-refractivity contribution in [2.75, 3.05) is 19.8 Å². The molecule has 8 heteroatoms. The summed E-state index contributed by atoms with van der Waals surface area (Å²) in [6.45, 7) is 8.60. The van der Waals surface area contributed by atoms with Crippen molar-refractivity contribution in [3.63, 3.8) is 0 Å². The van der Waals surface area contributed by atoms with Crippen LogP contribution in [0.15, 0.2) is 56.7 Å². The van der Waals surface area contributed by atoms with Gasteiger partial charge in [-0.05, 0) is 32.2 Å². The first-order valence-electron chi connectivity index (χ1n) is 8.49. The Balaban J connectivity index is 2.16. The van der Waals surface area contributed by atoms with Crippen molar-refractivity contribution in [1.82, 2.24) is 19.4 Å². The summed E-state index contributed by atoms with van der Waals surface area (Å²) in [6, 6.07) is 3.72. The van der Waals surface area contributed by atoms with Crippen LogP contribution in [0.3, 0.4) is 0 Å². The second kappa shape index (κ2) is 9.82. The molecule has 0 aliphatic rings. The van der Waals surface area contributed by atoms with Crippen LogP contribution in [0, 0.1) is 6.92 Å². The van der Waals surface area contributed by atoms with Crippen LogP contribution < -0.4 is 5.56 Å². The molecule has 2 rings (SSSR count).